The number of para-hydroxylation sites is 2. The van der Waals surface area contributed by atoms with Crippen LogP contribution in [-0.2, 0) is 34.0 Å². The Hall–Kier alpha value is -3.92. The summed E-state index contributed by atoms with van der Waals surface area (Å²) in [6, 6.07) is 14.1. The van der Waals surface area contributed by atoms with Gasteiger partial charge in [0.05, 0.1) is 24.1 Å². The Morgan fingerprint density at radius 2 is 1.81 bits per heavy atom. The number of aromatic nitrogens is 2. The first-order chi connectivity index (χ1) is 18.0. The fourth-order valence-electron chi connectivity index (χ4n) is 4.48. The number of nitrogens with zero attached hydrogens (tertiary/aromatic N) is 2. The highest BCUT2D eigenvalue weighted by atomic mass is 16.5. The molecule has 2 aromatic carbocycles. The number of carbonyl (C=O) groups is 2. The van der Waals surface area contributed by atoms with Crippen molar-refractivity contribution in [3.8, 4) is 5.75 Å². The Labute approximate surface area is 214 Å². The molecule has 0 saturated carbocycles. The number of fused-ring (bicyclic) bond motifs is 1. The zero-order valence-corrected chi connectivity index (χ0v) is 20.9. The Morgan fingerprint density at radius 3 is 2.59 bits per heavy atom. The molecule has 196 valence electrons. The molecule has 0 bridgehead atoms. The molecule has 1 saturated heterocycles. The SMILES string of the molecule is COc1ccccc1CNC(=O)CCCn1c(=O)c2ccccc2n(CC(=O)NC[C@@H]2CCCO2)c1=O. The highest BCUT2D eigenvalue weighted by Crippen LogP contribution is 2.16. The standard InChI is InChI=1S/C27H32N4O6/c1-36-23-12-5-2-8-19(23)16-28-24(32)13-6-14-30-26(34)21-10-3-4-11-22(21)31(27(30)35)18-25(33)29-17-20-9-7-15-37-20/h2-5,8,10-12,20H,6-7,9,13-18H2,1H3,(H,28,32)(H,29,33)/t20-/m0/s1. The highest BCUT2D eigenvalue weighted by molar-refractivity contribution is 5.81. The van der Waals surface area contributed by atoms with Gasteiger partial charge < -0.3 is 20.1 Å². The summed E-state index contributed by atoms with van der Waals surface area (Å²) < 4.78 is 13.2. The molecule has 0 aliphatic carbocycles. The minimum atomic E-state index is -0.578. The van der Waals surface area contributed by atoms with E-state index in [4.69, 9.17) is 9.47 Å². The summed E-state index contributed by atoms with van der Waals surface area (Å²) in [6.45, 7) is 1.23. The van der Waals surface area contributed by atoms with Crippen LogP contribution in [0.5, 0.6) is 5.75 Å². The largest absolute Gasteiger partial charge is 0.496 e. The summed E-state index contributed by atoms with van der Waals surface area (Å²) in [5, 5.41) is 6.00. The van der Waals surface area contributed by atoms with Crippen molar-refractivity contribution in [2.24, 2.45) is 0 Å². The number of amides is 2. The quantitative estimate of drug-likeness (QED) is 0.406. The maximum Gasteiger partial charge on any atom is 0.331 e. The topological polar surface area (TPSA) is 121 Å². The fraction of sp³-hybridized carbons (Fsp3) is 0.407. The lowest BCUT2D eigenvalue weighted by Crippen LogP contribution is -2.43. The highest BCUT2D eigenvalue weighted by Gasteiger charge is 2.18. The van der Waals surface area contributed by atoms with Gasteiger partial charge in [0.2, 0.25) is 11.8 Å². The second kappa shape index (κ2) is 12.4. The van der Waals surface area contributed by atoms with Crippen molar-refractivity contribution in [1.82, 2.24) is 19.8 Å². The molecule has 1 fully saturated rings. The molecule has 10 heteroatoms. The lowest BCUT2D eigenvalue weighted by Gasteiger charge is -2.15. The summed E-state index contributed by atoms with van der Waals surface area (Å²) in [5.74, 6) is 0.156. The van der Waals surface area contributed by atoms with Crippen LogP contribution in [0.15, 0.2) is 58.1 Å². The van der Waals surface area contributed by atoms with Gasteiger partial charge >= 0.3 is 5.69 Å². The van der Waals surface area contributed by atoms with Crippen LogP contribution in [-0.4, -0.2) is 47.3 Å². The molecule has 37 heavy (non-hydrogen) atoms. The predicted molar refractivity (Wildman–Crippen MR) is 139 cm³/mol. The van der Waals surface area contributed by atoms with E-state index in [0.29, 0.717) is 36.3 Å². The van der Waals surface area contributed by atoms with Gasteiger partial charge in [-0.15, -0.1) is 0 Å². The van der Waals surface area contributed by atoms with Crippen molar-refractivity contribution in [3.63, 3.8) is 0 Å². The summed E-state index contributed by atoms with van der Waals surface area (Å²) >= 11 is 0. The van der Waals surface area contributed by atoms with Crippen LogP contribution in [0.3, 0.4) is 0 Å². The number of methoxy groups -OCH3 is 1. The Bertz CT molecular complexity index is 1370. The summed E-state index contributed by atoms with van der Waals surface area (Å²) in [4.78, 5) is 51.3. The minimum absolute atomic E-state index is 0.0134. The Balaban J connectivity index is 1.42. The summed E-state index contributed by atoms with van der Waals surface area (Å²) in [5.41, 5.74) is 0.233. The number of benzene rings is 2. The smallest absolute Gasteiger partial charge is 0.331 e. The molecule has 2 amide bonds. The van der Waals surface area contributed by atoms with E-state index in [0.717, 1.165) is 23.0 Å². The number of rotatable bonds is 11. The molecule has 10 nitrogen and oxygen atoms in total. The van der Waals surface area contributed by atoms with E-state index in [1.165, 1.54) is 4.57 Å². The molecular weight excluding hydrogens is 476 g/mol. The van der Waals surface area contributed by atoms with Gasteiger partial charge in [0.25, 0.3) is 5.56 Å². The van der Waals surface area contributed by atoms with E-state index in [2.05, 4.69) is 10.6 Å². The van der Waals surface area contributed by atoms with E-state index < -0.39 is 11.2 Å². The molecule has 2 heterocycles. The first-order valence-corrected chi connectivity index (χ1v) is 12.5. The minimum Gasteiger partial charge on any atom is -0.496 e. The van der Waals surface area contributed by atoms with Crippen molar-refractivity contribution >= 4 is 22.7 Å². The predicted octanol–water partition coefficient (Wildman–Crippen LogP) is 1.56. The molecule has 2 N–H and O–H groups in total. The molecule has 4 rings (SSSR count). The zero-order valence-electron chi connectivity index (χ0n) is 20.9. The molecule has 1 aliphatic heterocycles. The first-order valence-electron chi connectivity index (χ1n) is 12.5. The van der Waals surface area contributed by atoms with Crippen LogP contribution in [0.1, 0.15) is 31.2 Å². The summed E-state index contributed by atoms with van der Waals surface area (Å²) in [7, 11) is 1.57. The van der Waals surface area contributed by atoms with Gasteiger partial charge in [0, 0.05) is 38.2 Å². The average Bonchev–Trinajstić information content (AvgIpc) is 3.44. The van der Waals surface area contributed by atoms with E-state index in [1.807, 2.05) is 24.3 Å². The van der Waals surface area contributed by atoms with Gasteiger partial charge in [0.1, 0.15) is 12.3 Å². The van der Waals surface area contributed by atoms with Crippen molar-refractivity contribution in [2.45, 2.75) is 51.4 Å². The lowest BCUT2D eigenvalue weighted by atomic mass is 10.2. The molecule has 1 aliphatic rings. The van der Waals surface area contributed by atoms with Crippen molar-refractivity contribution in [1.29, 1.82) is 0 Å². The molecule has 0 radical (unpaired) electrons. The van der Waals surface area contributed by atoms with Gasteiger partial charge in [-0.2, -0.15) is 0 Å². The van der Waals surface area contributed by atoms with Crippen LogP contribution in [0.25, 0.3) is 10.9 Å². The maximum absolute atomic E-state index is 13.3. The third-order valence-electron chi connectivity index (χ3n) is 6.44. The van der Waals surface area contributed by atoms with Gasteiger partial charge in [0.15, 0.2) is 0 Å². The van der Waals surface area contributed by atoms with Crippen molar-refractivity contribution in [3.05, 3.63) is 74.9 Å². The number of carbonyl (C=O) groups excluding carboxylic acids is 2. The number of ether oxygens (including phenoxy) is 2. The van der Waals surface area contributed by atoms with E-state index in [9.17, 15) is 19.2 Å². The normalized spacial score (nSPS) is 15.0. The van der Waals surface area contributed by atoms with E-state index in [1.54, 1.807) is 31.4 Å². The van der Waals surface area contributed by atoms with Gasteiger partial charge in [-0.3, -0.25) is 23.5 Å². The average molecular weight is 509 g/mol. The molecule has 3 aromatic rings. The molecule has 0 spiro atoms. The van der Waals surface area contributed by atoms with Crippen molar-refractivity contribution in [2.75, 3.05) is 20.3 Å². The van der Waals surface area contributed by atoms with E-state index >= 15 is 0 Å². The molecule has 1 aromatic heterocycles. The maximum atomic E-state index is 13.3. The Kier molecular flexibility index (Phi) is 8.73. The Morgan fingerprint density at radius 1 is 1.03 bits per heavy atom. The van der Waals surface area contributed by atoms with Gasteiger partial charge in [-0.25, -0.2) is 4.79 Å². The number of nitrogens with one attached hydrogen (secondary N) is 2. The fourth-order valence-corrected chi connectivity index (χ4v) is 4.48. The zero-order chi connectivity index (χ0) is 26.2. The summed E-state index contributed by atoms with van der Waals surface area (Å²) in [6.07, 6.45) is 2.27. The van der Waals surface area contributed by atoms with Crippen LogP contribution >= 0.6 is 0 Å². The van der Waals surface area contributed by atoms with Crippen LogP contribution in [0.4, 0.5) is 0 Å². The van der Waals surface area contributed by atoms with Gasteiger partial charge in [-0.05, 0) is 37.5 Å². The molecular formula is C27H32N4O6. The molecule has 1 atom stereocenters. The first kappa shape index (κ1) is 26.2. The third-order valence-corrected chi connectivity index (χ3v) is 6.44. The van der Waals surface area contributed by atoms with Crippen LogP contribution < -0.4 is 26.6 Å². The molecule has 0 unspecified atom stereocenters. The third kappa shape index (κ3) is 6.45. The lowest BCUT2D eigenvalue weighted by molar-refractivity contribution is -0.122. The van der Waals surface area contributed by atoms with E-state index in [-0.39, 0.29) is 43.8 Å². The van der Waals surface area contributed by atoms with Crippen molar-refractivity contribution < 1.29 is 19.1 Å². The second-order valence-electron chi connectivity index (χ2n) is 8.97. The monoisotopic (exact) mass is 508 g/mol. The van der Waals surface area contributed by atoms with Crippen LogP contribution in [0, 0.1) is 0 Å². The number of hydrogen-bond donors (Lipinski definition) is 2. The van der Waals surface area contributed by atoms with Crippen LogP contribution in [0.2, 0.25) is 0 Å². The second-order valence-corrected chi connectivity index (χ2v) is 8.97. The number of hydrogen-bond acceptors (Lipinski definition) is 6. The van der Waals surface area contributed by atoms with Gasteiger partial charge in [-0.1, -0.05) is 30.3 Å².